The Morgan fingerprint density at radius 3 is 1.90 bits per heavy atom. The third-order valence-corrected chi connectivity index (χ3v) is 7.58. The summed E-state index contributed by atoms with van der Waals surface area (Å²) in [6.45, 7) is 0.363. The Morgan fingerprint density at radius 1 is 0.660 bits per heavy atom. The first-order valence-electron chi connectivity index (χ1n) is 15.4. The van der Waals surface area contributed by atoms with Gasteiger partial charge in [-0.25, -0.2) is 19.6 Å². The van der Waals surface area contributed by atoms with Crippen molar-refractivity contribution in [3.8, 4) is 34.4 Å². The lowest BCUT2D eigenvalue weighted by atomic mass is 10.0. The second-order valence-electron chi connectivity index (χ2n) is 10.9. The number of pyridine rings is 3. The maximum atomic E-state index is 13.0. The smallest absolute Gasteiger partial charge is 0.333 e. The van der Waals surface area contributed by atoms with Crippen LogP contribution < -0.4 is 15.4 Å². The van der Waals surface area contributed by atoms with Crippen molar-refractivity contribution in [3.63, 3.8) is 0 Å². The van der Waals surface area contributed by atoms with Crippen LogP contribution in [0.1, 0.15) is 33.6 Å². The minimum absolute atomic E-state index is 0.315. The molecule has 3 heterocycles. The Morgan fingerprint density at radius 2 is 1.26 bits per heavy atom. The number of carbonyl (C=O) groups excluding carboxylic acids is 4. The molecule has 0 atom stereocenters. The minimum Gasteiger partial charge on any atom is -0.505 e. The molecule has 3 aromatic carbocycles. The number of hydrogen-bond donors (Lipinski definition) is 4. The maximum absolute atomic E-state index is 13.0. The van der Waals surface area contributed by atoms with Gasteiger partial charge in [0, 0.05) is 33.4 Å². The fourth-order valence-corrected chi connectivity index (χ4v) is 5.24. The predicted molar refractivity (Wildman–Crippen MR) is 182 cm³/mol. The van der Waals surface area contributed by atoms with Gasteiger partial charge in [0.1, 0.15) is 24.6 Å². The summed E-state index contributed by atoms with van der Waals surface area (Å²) < 4.78 is 10.6. The van der Waals surface area contributed by atoms with Gasteiger partial charge in [-0.3, -0.25) is 14.6 Å². The fraction of sp³-hybridized carbons (Fsp3) is 0.108. The van der Waals surface area contributed by atoms with Gasteiger partial charge >= 0.3 is 11.9 Å². The zero-order valence-corrected chi connectivity index (χ0v) is 26.5. The molecule has 0 bridgehead atoms. The number of hydrogen-bond acceptors (Lipinski definition) is 11. The number of esters is 2. The molecule has 0 saturated heterocycles. The summed E-state index contributed by atoms with van der Waals surface area (Å²) >= 11 is 0. The summed E-state index contributed by atoms with van der Waals surface area (Å²) in [4.78, 5) is 63.7. The Labute approximate surface area is 284 Å². The molecule has 6 aromatic rings. The third-order valence-electron chi connectivity index (χ3n) is 7.58. The molecule has 0 spiro atoms. The van der Waals surface area contributed by atoms with Gasteiger partial charge in [-0.1, -0.05) is 55.5 Å². The number of aromatic hydroxyl groups is 2. The van der Waals surface area contributed by atoms with Crippen molar-refractivity contribution in [3.05, 3.63) is 114 Å². The van der Waals surface area contributed by atoms with Crippen LogP contribution in [0, 0.1) is 0 Å². The molecule has 6 rings (SSSR count). The van der Waals surface area contributed by atoms with E-state index in [4.69, 9.17) is 9.47 Å². The largest absolute Gasteiger partial charge is 0.505 e. The number of fused-ring (bicyclic) bond motifs is 2. The zero-order chi connectivity index (χ0) is 35.2. The molecule has 0 aliphatic carbocycles. The summed E-state index contributed by atoms with van der Waals surface area (Å²) in [5.41, 5.74) is 0.645. The van der Waals surface area contributed by atoms with Crippen LogP contribution in [0.4, 0.5) is 0 Å². The minimum atomic E-state index is -1.13. The molecule has 13 heteroatoms. The number of nitrogens with zero attached hydrogens (tertiary/aromatic N) is 3. The topological polar surface area (TPSA) is 190 Å². The summed E-state index contributed by atoms with van der Waals surface area (Å²) in [7, 11) is 0. The van der Waals surface area contributed by atoms with Crippen LogP contribution in [-0.4, -0.2) is 62.0 Å². The van der Waals surface area contributed by atoms with E-state index in [1.165, 1.54) is 0 Å². The number of aromatic nitrogens is 3. The van der Waals surface area contributed by atoms with Crippen molar-refractivity contribution in [1.29, 1.82) is 0 Å². The van der Waals surface area contributed by atoms with Crippen LogP contribution in [0.2, 0.25) is 0 Å². The van der Waals surface area contributed by atoms with E-state index in [0.29, 0.717) is 56.5 Å². The first-order chi connectivity index (χ1) is 24.2. The first kappa shape index (κ1) is 33.0. The Kier molecular flexibility index (Phi) is 9.56. The van der Waals surface area contributed by atoms with Crippen LogP contribution >= 0.6 is 0 Å². The molecular weight excluding hydrogens is 642 g/mol. The van der Waals surface area contributed by atoms with Crippen LogP contribution in [0.3, 0.4) is 0 Å². The van der Waals surface area contributed by atoms with Gasteiger partial charge in [-0.2, -0.15) is 0 Å². The van der Waals surface area contributed by atoms with Crippen LogP contribution in [0.15, 0.2) is 97.2 Å². The van der Waals surface area contributed by atoms with Crippen molar-refractivity contribution >= 4 is 45.3 Å². The molecule has 0 unspecified atom stereocenters. The predicted octanol–water partition coefficient (Wildman–Crippen LogP) is 4.84. The summed E-state index contributed by atoms with van der Waals surface area (Å²) in [5, 5.41) is 28.2. The molecule has 2 amide bonds. The maximum Gasteiger partial charge on any atom is 0.333 e. The number of benzene rings is 3. The van der Waals surface area contributed by atoms with Crippen molar-refractivity contribution in [2.75, 3.05) is 13.1 Å². The number of amides is 2. The average molecular weight is 672 g/mol. The van der Waals surface area contributed by atoms with E-state index in [1.54, 1.807) is 79.0 Å². The quantitative estimate of drug-likeness (QED) is 0.115. The summed E-state index contributed by atoms with van der Waals surface area (Å²) in [6.07, 6.45) is 1.99. The monoisotopic (exact) mass is 671 g/mol. The Balaban J connectivity index is 1.08. The number of ether oxygens (including phenoxy) is 2. The molecule has 13 nitrogen and oxygen atoms in total. The van der Waals surface area contributed by atoms with E-state index < -0.39 is 48.3 Å². The highest BCUT2D eigenvalue weighted by Crippen LogP contribution is 2.35. The second-order valence-corrected chi connectivity index (χ2v) is 10.9. The number of para-hydroxylation sites is 1. The normalized spacial score (nSPS) is 10.8. The zero-order valence-electron chi connectivity index (χ0n) is 26.5. The van der Waals surface area contributed by atoms with Crippen molar-refractivity contribution in [1.82, 2.24) is 25.6 Å². The average Bonchev–Trinajstić information content (AvgIpc) is 3.14. The van der Waals surface area contributed by atoms with Gasteiger partial charge in [0.15, 0.2) is 22.9 Å². The molecule has 0 aliphatic heterocycles. The van der Waals surface area contributed by atoms with Crippen LogP contribution in [0.25, 0.3) is 32.9 Å². The first-order valence-corrected chi connectivity index (χ1v) is 15.4. The van der Waals surface area contributed by atoms with Crippen molar-refractivity contribution in [2.24, 2.45) is 0 Å². The third kappa shape index (κ3) is 7.01. The lowest BCUT2D eigenvalue weighted by molar-refractivity contribution is -0.158. The number of aryl methyl sites for hydroxylation is 1. The van der Waals surface area contributed by atoms with E-state index >= 15 is 0 Å². The van der Waals surface area contributed by atoms with Crippen LogP contribution in [0.5, 0.6) is 23.0 Å². The van der Waals surface area contributed by atoms with Crippen molar-refractivity contribution < 1.29 is 38.9 Å². The lowest BCUT2D eigenvalue weighted by Crippen LogP contribution is -2.36. The van der Waals surface area contributed by atoms with Gasteiger partial charge in [0.2, 0.25) is 0 Å². The molecule has 0 saturated carbocycles. The molecule has 3 aromatic heterocycles. The van der Waals surface area contributed by atoms with Crippen molar-refractivity contribution in [2.45, 2.75) is 13.3 Å². The van der Waals surface area contributed by atoms with E-state index in [1.807, 2.05) is 25.1 Å². The van der Waals surface area contributed by atoms with Gasteiger partial charge in [-0.15, -0.1) is 0 Å². The molecule has 0 fully saturated rings. The van der Waals surface area contributed by atoms with E-state index in [-0.39, 0.29) is 11.4 Å². The summed E-state index contributed by atoms with van der Waals surface area (Å²) in [6, 6.07) is 26.1. The number of nitrogens with one attached hydrogen (secondary N) is 2. The highest BCUT2D eigenvalue weighted by Gasteiger charge is 2.23. The Bertz CT molecular complexity index is 2260. The van der Waals surface area contributed by atoms with E-state index in [9.17, 15) is 29.4 Å². The molecular formula is C37H29N5O8. The standard InChI is InChI=1S/C37H29N5O8/c1-2-27-26-18-22(49-21-10-4-3-5-11-21)15-16-25(26)35(46)32(41-27)36(47)39-19-29(43)50-30(44)20-40-37(48)33-34(45)24-13-7-6-12-23(24)31(42-33)28-14-8-9-17-38-28/h3-18,45-46H,2,19-20H2,1H3,(H,39,47)(H,40,48). The Hall–Kier alpha value is -6.89. The van der Waals surface area contributed by atoms with Crippen LogP contribution in [-0.2, 0) is 20.7 Å². The highest BCUT2D eigenvalue weighted by atomic mass is 16.6. The SMILES string of the molecule is CCc1nc(C(=O)NCC(=O)OC(=O)CNC(=O)c2nc(-c3ccccn3)c3ccccc3c2O)c(O)c2ccc(Oc3ccccc3)cc12. The summed E-state index contributed by atoms with van der Waals surface area (Å²) in [5.74, 6) is -3.68. The molecule has 4 N–H and O–H groups in total. The second kappa shape index (κ2) is 14.5. The molecule has 50 heavy (non-hydrogen) atoms. The molecule has 250 valence electrons. The van der Waals surface area contributed by atoms with Gasteiger partial charge in [0.25, 0.3) is 11.8 Å². The van der Waals surface area contributed by atoms with Gasteiger partial charge in [0.05, 0.1) is 11.4 Å². The number of rotatable bonds is 10. The van der Waals surface area contributed by atoms with E-state index in [2.05, 4.69) is 25.6 Å². The molecule has 0 aliphatic rings. The van der Waals surface area contributed by atoms with Gasteiger partial charge in [-0.05, 0) is 48.9 Å². The number of carbonyl (C=O) groups is 4. The van der Waals surface area contributed by atoms with E-state index in [0.717, 1.165) is 0 Å². The highest BCUT2D eigenvalue weighted by molar-refractivity contribution is 6.07. The molecule has 0 radical (unpaired) electrons. The fourth-order valence-electron chi connectivity index (χ4n) is 5.24. The van der Waals surface area contributed by atoms with Gasteiger partial charge < -0.3 is 30.3 Å². The lowest BCUT2D eigenvalue weighted by Gasteiger charge is -2.13.